The van der Waals surface area contributed by atoms with Gasteiger partial charge in [0, 0.05) is 10.9 Å². The van der Waals surface area contributed by atoms with E-state index in [1.807, 2.05) is 44.2 Å². The highest BCUT2D eigenvalue weighted by Crippen LogP contribution is 2.36. The Morgan fingerprint density at radius 2 is 1.95 bits per heavy atom. The second-order valence-electron chi connectivity index (χ2n) is 4.69. The van der Waals surface area contributed by atoms with Crippen molar-refractivity contribution in [2.24, 2.45) is 5.73 Å². The van der Waals surface area contributed by atoms with Gasteiger partial charge in [0.2, 0.25) is 0 Å². The predicted octanol–water partition coefficient (Wildman–Crippen LogP) is 4.19. The normalized spacial score (nSPS) is 13.8. The Morgan fingerprint density at radius 3 is 2.50 bits per heavy atom. The van der Waals surface area contributed by atoms with Crippen LogP contribution in [0.15, 0.2) is 30.3 Å². The third-order valence-electron chi connectivity index (χ3n) is 2.93. The molecule has 2 rings (SSSR count). The lowest BCUT2D eigenvalue weighted by molar-refractivity contribution is 0.176. The van der Waals surface area contributed by atoms with Gasteiger partial charge in [-0.1, -0.05) is 17.7 Å². The summed E-state index contributed by atoms with van der Waals surface area (Å²) in [5, 5.41) is 0. The van der Waals surface area contributed by atoms with E-state index in [1.165, 1.54) is 11.3 Å². The van der Waals surface area contributed by atoms with Gasteiger partial charge < -0.3 is 15.2 Å². The summed E-state index contributed by atoms with van der Waals surface area (Å²) in [6, 6.07) is 9.47. The van der Waals surface area contributed by atoms with Crippen LogP contribution in [0.2, 0.25) is 4.34 Å². The molecule has 0 bridgehead atoms. The molecule has 0 aliphatic heterocycles. The number of methoxy groups -OCH3 is 1. The van der Waals surface area contributed by atoms with E-state index in [2.05, 4.69) is 0 Å². The smallest absolute Gasteiger partial charge is 0.162 e. The largest absolute Gasteiger partial charge is 0.493 e. The molecule has 0 aliphatic rings. The summed E-state index contributed by atoms with van der Waals surface area (Å²) in [6.45, 7) is 3.92. The lowest BCUT2D eigenvalue weighted by Gasteiger charge is -2.22. The molecule has 1 aromatic carbocycles. The van der Waals surface area contributed by atoms with E-state index in [9.17, 15) is 0 Å². The van der Waals surface area contributed by atoms with Crippen LogP contribution in [0.25, 0.3) is 0 Å². The summed E-state index contributed by atoms with van der Waals surface area (Å²) in [5.41, 5.74) is 7.16. The van der Waals surface area contributed by atoms with E-state index in [-0.39, 0.29) is 12.1 Å². The van der Waals surface area contributed by atoms with Crippen molar-refractivity contribution < 1.29 is 9.47 Å². The molecule has 0 aliphatic carbocycles. The van der Waals surface area contributed by atoms with E-state index in [4.69, 9.17) is 26.8 Å². The minimum absolute atomic E-state index is 0.157. The van der Waals surface area contributed by atoms with Crippen LogP contribution in [0.1, 0.15) is 23.5 Å². The molecule has 0 saturated carbocycles. The van der Waals surface area contributed by atoms with Gasteiger partial charge in [-0.3, -0.25) is 0 Å². The first kappa shape index (κ1) is 15.2. The fourth-order valence-corrected chi connectivity index (χ4v) is 3.12. The molecule has 0 fully saturated rings. The lowest BCUT2D eigenvalue weighted by Crippen LogP contribution is -2.28. The maximum Gasteiger partial charge on any atom is 0.162 e. The topological polar surface area (TPSA) is 44.5 Å². The van der Waals surface area contributed by atoms with Crippen LogP contribution in [0.4, 0.5) is 0 Å². The molecular formula is C15H18ClNO2S. The number of halogens is 1. The summed E-state index contributed by atoms with van der Waals surface area (Å²) in [4.78, 5) is 1.01. The highest BCUT2D eigenvalue weighted by molar-refractivity contribution is 7.16. The highest BCUT2D eigenvalue weighted by Gasteiger charge is 2.21. The van der Waals surface area contributed by atoms with E-state index in [0.29, 0.717) is 11.5 Å². The van der Waals surface area contributed by atoms with Crippen molar-refractivity contribution >= 4 is 22.9 Å². The van der Waals surface area contributed by atoms with Crippen LogP contribution >= 0.6 is 22.9 Å². The molecule has 108 valence electrons. The molecule has 0 radical (unpaired) electrons. The van der Waals surface area contributed by atoms with Crippen molar-refractivity contribution in [3.05, 3.63) is 45.1 Å². The van der Waals surface area contributed by atoms with E-state index in [0.717, 1.165) is 14.8 Å². The van der Waals surface area contributed by atoms with Gasteiger partial charge in [-0.15, -0.1) is 11.3 Å². The molecule has 5 heteroatoms. The third kappa shape index (κ3) is 3.45. The van der Waals surface area contributed by atoms with Crippen molar-refractivity contribution in [3.8, 4) is 11.5 Å². The molecule has 1 aromatic heterocycles. The molecule has 20 heavy (non-hydrogen) atoms. The average Bonchev–Trinajstić information content (AvgIpc) is 2.83. The summed E-state index contributed by atoms with van der Waals surface area (Å²) in [7, 11) is 1.63. The molecule has 2 N–H and O–H groups in total. The number of ether oxygens (including phenoxy) is 2. The Kier molecular flexibility index (Phi) is 4.91. The molecule has 0 spiro atoms. The van der Waals surface area contributed by atoms with Gasteiger partial charge in [0.25, 0.3) is 0 Å². The molecule has 2 aromatic rings. The molecule has 2 unspecified atom stereocenters. The SMILES string of the molecule is COc1cc(C)ccc1OC(c1ccc(Cl)s1)C(C)N. The van der Waals surface area contributed by atoms with Gasteiger partial charge in [0.1, 0.15) is 6.10 Å². The minimum atomic E-state index is -0.246. The maximum atomic E-state index is 6.05. The van der Waals surface area contributed by atoms with Crippen molar-refractivity contribution in [1.29, 1.82) is 0 Å². The number of thiophene rings is 1. The fourth-order valence-electron chi connectivity index (χ4n) is 1.91. The quantitative estimate of drug-likeness (QED) is 0.900. The summed E-state index contributed by atoms with van der Waals surface area (Å²) < 4.78 is 12.1. The Hall–Kier alpha value is -1.23. The molecule has 3 nitrogen and oxygen atoms in total. The number of hydrogen-bond donors (Lipinski definition) is 1. The van der Waals surface area contributed by atoms with Crippen LogP contribution in [0.5, 0.6) is 11.5 Å². The van der Waals surface area contributed by atoms with E-state index < -0.39 is 0 Å². The number of aryl methyl sites for hydroxylation is 1. The van der Waals surface area contributed by atoms with Crippen LogP contribution in [-0.2, 0) is 0 Å². The van der Waals surface area contributed by atoms with Crippen molar-refractivity contribution in [1.82, 2.24) is 0 Å². The summed E-state index contributed by atoms with van der Waals surface area (Å²) >= 11 is 7.47. The second-order valence-corrected chi connectivity index (χ2v) is 6.44. The first-order chi connectivity index (χ1) is 9.51. The van der Waals surface area contributed by atoms with Gasteiger partial charge in [-0.05, 0) is 43.7 Å². The summed E-state index contributed by atoms with van der Waals surface area (Å²) in [6.07, 6.45) is -0.246. The van der Waals surface area contributed by atoms with Gasteiger partial charge in [-0.2, -0.15) is 0 Å². The summed E-state index contributed by atoms with van der Waals surface area (Å²) in [5.74, 6) is 1.39. The van der Waals surface area contributed by atoms with Gasteiger partial charge in [0.15, 0.2) is 11.5 Å². The zero-order valence-corrected chi connectivity index (χ0v) is 13.3. The van der Waals surface area contributed by atoms with Crippen LogP contribution in [0, 0.1) is 6.92 Å². The number of nitrogens with two attached hydrogens (primary N) is 1. The average molecular weight is 312 g/mol. The Morgan fingerprint density at radius 1 is 1.20 bits per heavy atom. The van der Waals surface area contributed by atoms with Crippen molar-refractivity contribution in [2.75, 3.05) is 7.11 Å². The first-order valence-corrected chi connectivity index (χ1v) is 7.53. The highest BCUT2D eigenvalue weighted by atomic mass is 35.5. The van der Waals surface area contributed by atoms with Crippen LogP contribution in [0.3, 0.4) is 0 Å². The monoisotopic (exact) mass is 311 g/mol. The van der Waals surface area contributed by atoms with E-state index in [1.54, 1.807) is 7.11 Å². The van der Waals surface area contributed by atoms with E-state index >= 15 is 0 Å². The number of benzene rings is 1. The zero-order chi connectivity index (χ0) is 14.7. The molecule has 2 atom stereocenters. The maximum absolute atomic E-state index is 6.05. The predicted molar refractivity (Wildman–Crippen MR) is 84.1 cm³/mol. The lowest BCUT2D eigenvalue weighted by atomic mass is 10.1. The third-order valence-corrected chi connectivity index (χ3v) is 4.22. The fraction of sp³-hybridized carbons (Fsp3) is 0.333. The number of rotatable bonds is 5. The number of hydrogen-bond acceptors (Lipinski definition) is 4. The first-order valence-electron chi connectivity index (χ1n) is 6.33. The van der Waals surface area contributed by atoms with Crippen LogP contribution < -0.4 is 15.2 Å². The van der Waals surface area contributed by atoms with Gasteiger partial charge in [-0.25, -0.2) is 0 Å². The Bertz CT molecular complexity index is 583. The van der Waals surface area contributed by atoms with Gasteiger partial charge >= 0.3 is 0 Å². The van der Waals surface area contributed by atoms with Crippen LogP contribution in [-0.4, -0.2) is 13.2 Å². The molecule has 1 heterocycles. The van der Waals surface area contributed by atoms with Crippen molar-refractivity contribution in [3.63, 3.8) is 0 Å². The van der Waals surface area contributed by atoms with Crippen molar-refractivity contribution in [2.45, 2.75) is 26.0 Å². The standard InChI is InChI=1S/C15H18ClNO2S/c1-9-4-5-11(12(8-9)18-3)19-15(10(2)17)13-6-7-14(16)20-13/h4-8,10,15H,17H2,1-3H3. The second kappa shape index (κ2) is 6.48. The molecule has 0 amide bonds. The van der Waals surface area contributed by atoms with Gasteiger partial charge in [0.05, 0.1) is 11.4 Å². The Labute approximate surface area is 128 Å². The molecular weight excluding hydrogens is 294 g/mol. The zero-order valence-electron chi connectivity index (χ0n) is 11.7. The molecule has 0 saturated heterocycles. The minimum Gasteiger partial charge on any atom is -0.493 e. The Balaban J connectivity index is 2.29.